The van der Waals surface area contributed by atoms with Crippen LogP contribution in [-0.4, -0.2) is 17.8 Å². The number of rotatable bonds is 4. The van der Waals surface area contributed by atoms with Gasteiger partial charge in [0.25, 0.3) is 0 Å². The first-order chi connectivity index (χ1) is 7.79. The van der Waals surface area contributed by atoms with Crippen molar-refractivity contribution < 1.29 is 0 Å². The van der Waals surface area contributed by atoms with E-state index in [0.717, 1.165) is 17.8 Å². The average Bonchev–Trinajstić information content (AvgIpc) is 2.70. The van der Waals surface area contributed by atoms with Gasteiger partial charge in [0, 0.05) is 20.7 Å². The first kappa shape index (κ1) is 12.5. The molecule has 2 unspecified atom stereocenters. The number of hydrogen-bond acceptors (Lipinski definition) is 2. The highest BCUT2D eigenvalue weighted by molar-refractivity contribution is 9.10. The quantitative estimate of drug-likeness (QED) is 0.899. The van der Waals surface area contributed by atoms with E-state index in [1.54, 1.807) is 0 Å². The molecule has 0 bridgehead atoms. The van der Waals surface area contributed by atoms with E-state index in [0.29, 0.717) is 0 Å². The molecule has 1 fully saturated rings. The highest BCUT2D eigenvalue weighted by Gasteiger charge is 2.24. The summed E-state index contributed by atoms with van der Waals surface area (Å²) in [5, 5.41) is 4.33. The fourth-order valence-corrected chi connectivity index (χ4v) is 4.09. The van der Waals surface area contributed by atoms with Gasteiger partial charge in [-0.25, -0.2) is 0 Å². The van der Waals surface area contributed by atoms with E-state index < -0.39 is 0 Å². The van der Waals surface area contributed by atoms with Crippen molar-refractivity contribution in [1.29, 1.82) is 0 Å². The SMILES string of the molecule is CCNC1CCC(Sc2ccccc2Br)C1. The maximum Gasteiger partial charge on any atom is 0.0311 e. The minimum atomic E-state index is 0.741. The van der Waals surface area contributed by atoms with Crippen LogP contribution in [0.25, 0.3) is 0 Å². The molecule has 88 valence electrons. The minimum absolute atomic E-state index is 0.741. The van der Waals surface area contributed by atoms with Gasteiger partial charge in [-0.15, -0.1) is 11.8 Å². The molecule has 16 heavy (non-hydrogen) atoms. The predicted molar refractivity (Wildman–Crippen MR) is 75.1 cm³/mol. The average molecular weight is 300 g/mol. The second-order valence-electron chi connectivity index (χ2n) is 4.24. The number of thioether (sulfide) groups is 1. The first-order valence-electron chi connectivity index (χ1n) is 5.94. The second-order valence-corrected chi connectivity index (χ2v) is 6.43. The van der Waals surface area contributed by atoms with Gasteiger partial charge in [0.2, 0.25) is 0 Å². The maximum absolute atomic E-state index is 3.61. The van der Waals surface area contributed by atoms with Crippen molar-refractivity contribution in [2.75, 3.05) is 6.54 Å². The molecule has 0 radical (unpaired) electrons. The van der Waals surface area contributed by atoms with Crippen LogP contribution in [0.4, 0.5) is 0 Å². The lowest BCUT2D eigenvalue weighted by Crippen LogP contribution is -2.26. The van der Waals surface area contributed by atoms with Gasteiger partial charge in [0.05, 0.1) is 0 Å². The van der Waals surface area contributed by atoms with Crippen molar-refractivity contribution in [1.82, 2.24) is 5.32 Å². The molecule has 0 saturated heterocycles. The number of halogens is 1. The summed E-state index contributed by atoms with van der Waals surface area (Å²) >= 11 is 5.63. The summed E-state index contributed by atoms with van der Waals surface area (Å²) in [6.07, 6.45) is 3.97. The molecule has 1 aromatic rings. The Bertz CT molecular complexity index is 342. The van der Waals surface area contributed by atoms with Gasteiger partial charge in [-0.1, -0.05) is 19.1 Å². The zero-order valence-electron chi connectivity index (χ0n) is 9.58. The van der Waals surface area contributed by atoms with E-state index in [-0.39, 0.29) is 0 Å². The van der Waals surface area contributed by atoms with Crippen LogP contribution < -0.4 is 5.32 Å². The summed E-state index contributed by atoms with van der Waals surface area (Å²) < 4.78 is 1.23. The fraction of sp³-hybridized carbons (Fsp3) is 0.538. The molecule has 1 nitrogen and oxygen atoms in total. The van der Waals surface area contributed by atoms with Crippen molar-refractivity contribution in [2.24, 2.45) is 0 Å². The molecule has 1 saturated carbocycles. The van der Waals surface area contributed by atoms with E-state index in [1.165, 1.54) is 28.6 Å². The summed E-state index contributed by atoms with van der Waals surface area (Å²) in [7, 11) is 0. The molecule has 0 aliphatic heterocycles. The highest BCUT2D eigenvalue weighted by atomic mass is 79.9. The minimum Gasteiger partial charge on any atom is -0.314 e. The van der Waals surface area contributed by atoms with Crippen molar-refractivity contribution >= 4 is 27.7 Å². The Balaban J connectivity index is 1.90. The Kier molecular flexibility index (Phi) is 4.74. The van der Waals surface area contributed by atoms with Crippen LogP contribution in [0.2, 0.25) is 0 Å². The van der Waals surface area contributed by atoms with E-state index in [9.17, 15) is 0 Å². The van der Waals surface area contributed by atoms with Crippen LogP contribution in [0.5, 0.6) is 0 Å². The van der Waals surface area contributed by atoms with Crippen molar-refractivity contribution in [2.45, 2.75) is 42.4 Å². The normalized spacial score (nSPS) is 24.9. The molecule has 2 rings (SSSR count). The zero-order valence-corrected chi connectivity index (χ0v) is 12.0. The van der Waals surface area contributed by atoms with Crippen LogP contribution in [0.1, 0.15) is 26.2 Å². The Morgan fingerprint density at radius 1 is 1.38 bits per heavy atom. The Morgan fingerprint density at radius 3 is 2.94 bits per heavy atom. The molecule has 2 atom stereocenters. The smallest absolute Gasteiger partial charge is 0.0311 e. The molecular formula is C13H18BrNS. The predicted octanol–water partition coefficient (Wildman–Crippen LogP) is 4.07. The third kappa shape index (κ3) is 3.25. The van der Waals surface area contributed by atoms with Crippen molar-refractivity contribution in [3.63, 3.8) is 0 Å². The third-order valence-electron chi connectivity index (χ3n) is 3.01. The molecule has 3 heteroatoms. The Morgan fingerprint density at radius 2 is 2.19 bits per heavy atom. The topological polar surface area (TPSA) is 12.0 Å². The van der Waals surface area contributed by atoms with Crippen molar-refractivity contribution in [3.8, 4) is 0 Å². The first-order valence-corrected chi connectivity index (χ1v) is 7.61. The van der Waals surface area contributed by atoms with Crippen LogP contribution in [-0.2, 0) is 0 Å². The Labute approximate surface area is 111 Å². The van der Waals surface area contributed by atoms with Crippen molar-refractivity contribution in [3.05, 3.63) is 28.7 Å². The Hall–Kier alpha value is 0.01000. The summed E-state index contributed by atoms with van der Waals surface area (Å²) in [6.45, 7) is 3.28. The van der Waals surface area contributed by atoms with E-state index >= 15 is 0 Å². The number of nitrogens with one attached hydrogen (secondary N) is 1. The van der Waals surface area contributed by atoms with Gasteiger partial charge >= 0.3 is 0 Å². The largest absolute Gasteiger partial charge is 0.314 e. The summed E-state index contributed by atoms with van der Waals surface area (Å²) in [5.41, 5.74) is 0. The molecular weight excluding hydrogens is 282 g/mol. The summed E-state index contributed by atoms with van der Waals surface area (Å²) in [6, 6.07) is 9.26. The lowest BCUT2D eigenvalue weighted by atomic mass is 10.2. The van der Waals surface area contributed by atoms with Gasteiger partial charge in [0.1, 0.15) is 0 Å². The lowest BCUT2D eigenvalue weighted by molar-refractivity contribution is 0.543. The monoisotopic (exact) mass is 299 g/mol. The van der Waals surface area contributed by atoms with Crippen LogP contribution in [0.15, 0.2) is 33.6 Å². The van der Waals surface area contributed by atoms with Crippen LogP contribution in [0.3, 0.4) is 0 Å². The maximum atomic E-state index is 3.61. The standard InChI is InChI=1S/C13H18BrNS/c1-2-15-10-7-8-11(9-10)16-13-6-4-3-5-12(13)14/h3-6,10-11,15H,2,7-9H2,1H3. The number of benzene rings is 1. The van der Waals surface area contributed by atoms with Gasteiger partial charge in [-0.05, 0) is 53.9 Å². The van der Waals surface area contributed by atoms with Crippen LogP contribution in [0, 0.1) is 0 Å². The molecule has 1 aliphatic rings. The van der Waals surface area contributed by atoms with Gasteiger partial charge in [-0.3, -0.25) is 0 Å². The molecule has 0 aromatic heterocycles. The molecule has 1 N–H and O–H groups in total. The van der Waals surface area contributed by atoms with E-state index in [1.807, 2.05) is 11.8 Å². The van der Waals surface area contributed by atoms with E-state index in [4.69, 9.17) is 0 Å². The molecule has 1 aliphatic carbocycles. The highest BCUT2D eigenvalue weighted by Crippen LogP contribution is 2.37. The number of hydrogen-bond donors (Lipinski definition) is 1. The van der Waals surface area contributed by atoms with Gasteiger partial charge in [-0.2, -0.15) is 0 Å². The lowest BCUT2D eigenvalue weighted by Gasteiger charge is -2.12. The molecule has 0 heterocycles. The fourth-order valence-electron chi connectivity index (χ4n) is 2.24. The zero-order chi connectivity index (χ0) is 11.4. The molecule has 0 spiro atoms. The van der Waals surface area contributed by atoms with Crippen LogP contribution >= 0.6 is 27.7 Å². The van der Waals surface area contributed by atoms with Gasteiger partial charge in [0.15, 0.2) is 0 Å². The van der Waals surface area contributed by atoms with E-state index in [2.05, 4.69) is 52.4 Å². The molecule has 1 aromatic carbocycles. The summed E-state index contributed by atoms with van der Waals surface area (Å²) in [5.74, 6) is 0. The summed E-state index contributed by atoms with van der Waals surface area (Å²) in [4.78, 5) is 1.38. The third-order valence-corrected chi connectivity index (χ3v) is 5.33. The molecule has 0 amide bonds. The second kappa shape index (κ2) is 6.08. The van der Waals surface area contributed by atoms with Gasteiger partial charge < -0.3 is 5.32 Å².